The molecule has 2 aromatic heterocycles. The van der Waals surface area contributed by atoms with Crippen molar-refractivity contribution in [1.82, 2.24) is 20.0 Å². The van der Waals surface area contributed by atoms with E-state index >= 15 is 0 Å². The first-order valence-corrected chi connectivity index (χ1v) is 6.76. The van der Waals surface area contributed by atoms with Crippen molar-refractivity contribution in [3.63, 3.8) is 0 Å². The van der Waals surface area contributed by atoms with Crippen molar-refractivity contribution in [3.8, 4) is 5.88 Å². The van der Waals surface area contributed by atoms with Crippen molar-refractivity contribution < 1.29 is 9.26 Å². The lowest BCUT2D eigenvalue weighted by molar-refractivity contribution is 0.300. The largest absolute Gasteiger partial charge is 0.481 e. The van der Waals surface area contributed by atoms with Crippen LogP contribution in [0.4, 0.5) is 0 Å². The van der Waals surface area contributed by atoms with Gasteiger partial charge in [-0.05, 0) is 26.0 Å². The van der Waals surface area contributed by atoms with Gasteiger partial charge in [-0.2, -0.15) is 4.98 Å². The van der Waals surface area contributed by atoms with Crippen LogP contribution in [0.1, 0.15) is 29.6 Å². The molecule has 3 rings (SSSR count). The Labute approximate surface area is 117 Å². The zero-order valence-corrected chi connectivity index (χ0v) is 11.7. The van der Waals surface area contributed by atoms with E-state index in [4.69, 9.17) is 9.26 Å². The van der Waals surface area contributed by atoms with E-state index in [0.717, 1.165) is 37.5 Å². The average Bonchev–Trinajstić information content (AvgIpc) is 3.08. The molecule has 1 fully saturated rings. The summed E-state index contributed by atoms with van der Waals surface area (Å²) in [5.41, 5.74) is 1.11. The Bertz CT molecular complexity index is 584. The van der Waals surface area contributed by atoms with Gasteiger partial charge in [0.05, 0.1) is 13.0 Å². The summed E-state index contributed by atoms with van der Waals surface area (Å²) < 4.78 is 10.6. The standard InChI is InChI=1S/C14H18N4O2/c1-10-16-14(20-17-10)12-5-7-18(9-12)8-11-4-3-6-15-13(11)19-2/h3-4,6,12H,5,7-9H2,1-2H3/t12-/m1/s1. The molecule has 0 aromatic carbocycles. The summed E-state index contributed by atoms with van der Waals surface area (Å²) in [5.74, 6) is 2.49. The molecule has 0 N–H and O–H groups in total. The Balaban J connectivity index is 1.66. The van der Waals surface area contributed by atoms with Gasteiger partial charge in [-0.1, -0.05) is 11.2 Å². The zero-order valence-electron chi connectivity index (χ0n) is 11.7. The van der Waals surface area contributed by atoms with E-state index in [0.29, 0.717) is 17.6 Å². The molecule has 20 heavy (non-hydrogen) atoms. The molecule has 0 spiro atoms. The van der Waals surface area contributed by atoms with Crippen LogP contribution in [-0.2, 0) is 6.54 Å². The van der Waals surface area contributed by atoms with Crippen LogP contribution in [0.2, 0.25) is 0 Å². The number of aryl methyl sites for hydroxylation is 1. The molecule has 1 saturated heterocycles. The molecule has 1 aliphatic rings. The van der Waals surface area contributed by atoms with Gasteiger partial charge in [0, 0.05) is 24.8 Å². The molecule has 1 atom stereocenters. The summed E-state index contributed by atoms with van der Waals surface area (Å²) in [6, 6.07) is 3.99. The predicted molar refractivity (Wildman–Crippen MR) is 72.5 cm³/mol. The number of hydrogen-bond donors (Lipinski definition) is 0. The molecule has 106 valence electrons. The lowest BCUT2D eigenvalue weighted by Crippen LogP contribution is -2.20. The minimum Gasteiger partial charge on any atom is -0.481 e. The van der Waals surface area contributed by atoms with Crippen LogP contribution in [0.25, 0.3) is 0 Å². The van der Waals surface area contributed by atoms with Crippen molar-refractivity contribution in [2.24, 2.45) is 0 Å². The third-order valence-electron chi connectivity index (χ3n) is 3.60. The van der Waals surface area contributed by atoms with E-state index in [2.05, 4.69) is 26.1 Å². The third kappa shape index (κ3) is 2.65. The van der Waals surface area contributed by atoms with Crippen molar-refractivity contribution in [3.05, 3.63) is 35.6 Å². The molecule has 0 saturated carbocycles. The quantitative estimate of drug-likeness (QED) is 0.846. The highest BCUT2D eigenvalue weighted by molar-refractivity contribution is 5.25. The van der Waals surface area contributed by atoms with E-state index in [-0.39, 0.29) is 0 Å². The van der Waals surface area contributed by atoms with Gasteiger partial charge in [-0.25, -0.2) is 4.98 Å². The average molecular weight is 274 g/mol. The van der Waals surface area contributed by atoms with Gasteiger partial charge in [0.2, 0.25) is 11.8 Å². The number of methoxy groups -OCH3 is 1. The SMILES string of the molecule is COc1ncccc1CN1CC[C@@H](c2nc(C)no2)C1. The molecule has 0 aliphatic carbocycles. The first-order chi connectivity index (χ1) is 9.76. The van der Waals surface area contributed by atoms with E-state index in [1.54, 1.807) is 13.3 Å². The highest BCUT2D eigenvalue weighted by Gasteiger charge is 2.28. The van der Waals surface area contributed by atoms with Gasteiger partial charge >= 0.3 is 0 Å². The first-order valence-electron chi connectivity index (χ1n) is 6.76. The van der Waals surface area contributed by atoms with E-state index in [9.17, 15) is 0 Å². The molecule has 2 aromatic rings. The van der Waals surface area contributed by atoms with Crippen LogP contribution >= 0.6 is 0 Å². The first kappa shape index (κ1) is 13.1. The molecular weight excluding hydrogens is 256 g/mol. The van der Waals surface area contributed by atoms with Crippen molar-refractivity contribution in [2.75, 3.05) is 20.2 Å². The minimum atomic E-state index is 0.332. The fourth-order valence-electron chi connectivity index (χ4n) is 2.63. The molecule has 0 radical (unpaired) electrons. The number of nitrogens with zero attached hydrogens (tertiary/aromatic N) is 4. The van der Waals surface area contributed by atoms with Crippen LogP contribution in [0.5, 0.6) is 5.88 Å². The van der Waals surface area contributed by atoms with Gasteiger partial charge in [-0.15, -0.1) is 0 Å². The monoisotopic (exact) mass is 274 g/mol. The van der Waals surface area contributed by atoms with E-state index in [1.165, 1.54) is 0 Å². The maximum absolute atomic E-state index is 5.29. The van der Waals surface area contributed by atoms with Crippen LogP contribution < -0.4 is 4.74 Å². The fraction of sp³-hybridized carbons (Fsp3) is 0.500. The second-order valence-electron chi connectivity index (χ2n) is 5.07. The zero-order chi connectivity index (χ0) is 13.9. The molecule has 6 nitrogen and oxygen atoms in total. The number of aromatic nitrogens is 3. The summed E-state index contributed by atoms with van der Waals surface area (Å²) in [6.45, 7) is 4.63. The summed E-state index contributed by atoms with van der Waals surface area (Å²) in [7, 11) is 1.65. The number of hydrogen-bond acceptors (Lipinski definition) is 6. The lowest BCUT2D eigenvalue weighted by atomic mass is 10.1. The number of likely N-dealkylation sites (tertiary alicyclic amines) is 1. The molecule has 0 amide bonds. The summed E-state index contributed by atoms with van der Waals surface area (Å²) >= 11 is 0. The summed E-state index contributed by atoms with van der Waals surface area (Å²) in [5, 5.41) is 3.86. The molecule has 1 aliphatic heterocycles. The van der Waals surface area contributed by atoms with Crippen LogP contribution in [-0.4, -0.2) is 40.2 Å². The van der Waals surface area contributed by atoms with Crippen LogP contribution in [0.3, 0.4) is 0 Å². The van der Waals surface area contributed by atoms with Gasteiger partial charge in [0.1, 0.15) is 0 Å². The Morgan fingerprint density at radius 3 is 3.15 bits per heavy atom. The minimum absolute atomic E-state index is 0.332. The summed E-state index contributed by atoms with van der Waals surface area (Å²) in [6.07, 6.45) is 2.79. The molecule has 3 heterocycles. The Hall–Kier alpha value is -1.95. The van der Waals surface area contributed by atoms with Crippen LogP contribution in [0.15, 0.2) is 22.9 Å². The number of rotatable bonds is 4. The Morgan fingerprint density at radius 1 is 1.50 bits per heavy atom. The smallest absolute Gasteiger partial charge is 0.231 e. The Morgan fingerprint density at radius 2 is 2.40 bits per heavy atom. The highest BCUT2D eigenvalue weighted by Crippen LogP contribution is 2.28. The van der Waals surface area contributed by atoms with E-state index in [1.807, 2.05) is 13.0 Å². The maximum Gasteiger partial charge on any atom is 0.231 e. The predicted octanol–water partition coefficient (Wildman–Crippen LogP) is 1.77. The molecule has 0 bridgehead atoms. The Kier molecular flexibility index (Phi) is 3.64. The third-order valence-corrected chi connectivity index (χ3v) is 3.60. The highest BCUT2D eigenvalue weighted by atomic mass is 16.5. The van der Waals surface area contributed by atoms with Gasteiger partial charge in [0.25, 0.3) is 0 Å². The second kappa shape index (κ2) is 5.58. The molecule has 0 unspecified atom stereocenters. The van der Waals surface area contributed by atoms with Gasteiger partial charge < -0.3 is 9.26 Å². The molecule has 6 heteroatoms. The topological polar surface area (TPSA) is 64.3 Å². The number of ether oxygens (including phenoxy) is 1. The number of pyridine rings is 1. The van der Waals surface area contributed by atoms with Crippen molar-refractivity contribution >= 4 is 0 Å². The summed E-state index contributed by atoms with van der Waals surface area (Å²) in [4.78, 5) is 10.9. The maximum atomic E-state index is 5.29. The van der Waals surface area contributed by atoms with E-state index < -0.39 is 0 Å². The fourth-order valence-corrected chi connectivity index (χ4v) is 2.63. The van der Waals surface area contributed by atoms with Crippen molar-refractivity contribution in [2.45, 2.75) is 25.8 Å². The van der Waals surface area contributed by atoms with Gasteiger partial charge in [-0.3, -0.25) is 4.90 Å². The normalized spacial score (nSPS) is 19.4. The van der Waals surface area contributed by atoms with Crippen LogP contribution in [0, 0.1) is 6.92 Å². The lowest BCUT2D eigenvalue weighted by Gasteiger charge is -2.16. The molecular formula is C14H18N4O2. The van der Waals surface area contributed by atoms with Gasteiger partial charge in [0.15, 0.2) is 5.82 Å². The van der Waals surface area contributed by atoms with Crippen molar-refractivity contribution in [1.29, 1.82) is 0 Å². The second-order valence-corrected chi connectivity index (χ2v) is 5.07.